The maximum Gasteiger partial charge on any atom is 0.108 e. The van der Waals surface area contributed by atoms with Gasteiger partial charge in [-0.2, -0.15) is 0 Å². The molecule has 4 fully saturated rings. The zero-order valence-electron chi connectivity index (χ0n) is 26.1. The molecule has 5 rings (SSSR count). The fraction of sp³-hybridized carbons (Fsp3) is 0.943. The van der Waals surface area contributed by atoms with E-state index in [2.05, 4.69) is 60.6 Å². The first-order valence-corrected chi connectivity index (χ1v) is 16.5. The van der Waals surface area contributed by atoms with E-state index in [-0.39, 0.29) is 5.41 Å². The average molecular weight is 545 g/mol. The van der Waals surface area contributed by atoms with Gasteiger partial charge in [0, 0.05) is 0 Å². The van der Waals surface area contributed by atoms with Crippen LogP contribution in [0, 0.1) is 62.6 Å². The minimum atomic E-state index is -1.28. The highest BCUT2D eigenvalue weighted by molar-refractivity contribution is 5.27. The van der Waals surface area contributed by atoms with E-state index in [1.165, 1.54) is 57.8 Å². The maximum atomic E-state index is 10.4. The Hall–Kier alpha value is -0.420. The summed E-state index contributed by atoms with van der Waals surface area (Å²) >= 11 is 0. The molecule has 5 aliphatic carbocycles. The Morgan fingerprint density at radius 2 is 1.46 bits per heavy atom. The Balaban J connectivity index is 1.35. The van der Waals surface area contributed by atoms with Crippen molar-refractivity contribution < 1.29 is 20.4 Å². The Labute approximate surface area is 239 Å². The summed E-state index contributed by atoms with van der Waals surface area (Å²) in [5.41, 5.74) is 1.80. The monoisotopic (exact) mass is 544 g/mol. The van der Waals surface area contributed by atoms with Gasteiger partial charge in [0.2, 0.25) is 0 Å². The Morgan fingerprint density at radius 1 is 0.769 bits per heavy atom. The first kappa shape index (κ1) is 30.1. The molecule has 4 nitrogen and oxygen atoms in total. The molecule has 4 N–H and O–H groups in total. The molecule has 0 aromatic heterocycles. The van der Waals surface area contributed by atoms with Crippen LogP contribution in [0.1, 0.15) is 119 Å². The lowest BCUT2D eigenvalue weighted by atomic mass is 9.33. The molecule has 11 unspecified atom stereocenters. The van der Waals surface area contributed by atoms with Crippen molar-refractivity contribution >= 4 is 0 Å². The van der Waals surface area contributed by atoms with Gasteiger partial charge < -0.3 is 20.4 Å². The molecular formula is C35H60O4. The van der Waals surface area contributed by atoms with Crippen molar-refractivity contribution in [1.82, 2.24) is 0 Å². The van der Waals surface area contributed by atoms with Gasteiger partial charge in [-0.1, -0.05) is 67.0 Å². The van der Waals surface area contributed by atoms with Crippen LogP contribution >= 0.6 is 0 Å². The smallest absolute Gasteiger partial charge is 0.108 e. The largest absolute Gasteiger partial charge is 0.394 e. The van der Waals surface area contributed by atoms with Gasteiger partial charge in [0.1, 0.15) is 12.2 Å². The summed E-state index contributed by atoms with van der Waals surface area (Å²) in [5, 5.41) is 39.4. The molecule has 0 aliphatic heterocycles. The fourth-order valence-corrected chi connectivity index (χ4v) is 12.5. The molecule has 4 saturated carbocycles. The van der Waals surface area contributed by atoms with Crippen molar-refractivity contribution in [2.24, 2.45) is 62.6 Å². The highest BCUT2D eigenvalue weighted by Gasteiger charge is 2.69. The Bertz CT molecular complexity index is 930. The van der Waals surface area contributed by atoms with Crippen molar-refractivity contribution in [3.05, 3.63) is 12.2 Å². The van der Waals surface area contributed by atoms with E-state index in [1.807, 2.05) is 0 Å². The molecule has 39 heavy (non-hydrogen) atoms. The van der Waals surface area contributed by atoms with Gasteiger partial charge in [-0.05, 0) is 127 Å². The summed E-state index contributed by atoms with van der Waals surface area (Å²) in [4.78, 5) is 0. The third kappa shape index (κ3) is 4.35. The van der Waals surface area contributed by atoms with Crippen molar-refractivity contribution in [2.45, 2.75) is 137 Å². The second-order valence-corrected chi connectivity index (χ2v) is 16.8. The second kappa shape index (κ2) is 10.1. The summed E-state index contributed by atoms with van der Waals surface area (Å²) in [6, 6.07) is 0. The zero-order valence-corrected chi connectivity index (χ0v) is 26.1. The summed E-state index contributed by atoms with van der Waals surface area (Å²) in [7, 11) is 0. The van der Waals surface area contributed by atoms with Crippen LogP contribution in [-0.4, -0.2) is 45.3 Å². The van der Waals surface area contributed by atoms with Gasteiger partial charge in [0.05, 0.1) is 12.7 Å². The molecule has 4 heteroatoms. The maximum absolute atomic E-state index is 10.4. The second-order valence-electron chi connectivity index (χ2n) is 16.8. The number of fused-ring (bicyclic) bond motifs is 7. The predicted molar refractivity (Wildman–Crippen MR) is 158 cm³/mol. The standard InChI is InChI=1S/C35H60O4/c1-22(9-10-25(37)30(39)26(38)21-36)23-13-18-32(4)24(23)14-19-34(6)28(32)11-12-29-33(5)17-8-16-31(2,3)27(33)15-20-35(29,34)7/h15,20,22-30,36-39H,8-14,16-19,21H2,1-7H3/t22?,23?,24?,25?,26?,27?,28?,29?,30?,32-,33?,34+,35?/m0/s1. The summed E-state index contributed by atoms with van der Waals surface area (Å²) < 4.78 is 0. The Kier molecular flexibility index (Phi) is 7.78. The quantitative estimate of drug-likeness (QED) is 0.267. The van der Waals surface area contributed by atoms with Crippen LogP contribution in [0.25, 0.3) is 0 Å². The van der Waals surface area contributed by atoms with Gasteiger partial charge in [-0.25, -0.2) is 0 Å². The van der Waals surface area contributed by atoms with Crippen LogP contribution in [-0.2, 0) is 0 Å². The number of aliphatic hydroxyl groups excluding tert-OH is 4. The van der Waals surface area contributed by atoms with E-state index in [0.29, 0.717) is 45.8 Å². The average Bonchev–Trinajstić information content (AvgIpc) is 3.23. The SMILES string of the molecule is CC(CCC(O)C(O)C(O)CO)C1CC[C@@]2(C)C1CC[C@]1(C)C2CCC2C3(C)CCCC(C)(C)C3C=CC21C. The number of rotatable bonds is 7. The van der Waals surface area contributed by atoms with Crippen molar-refractivity contribution in [3.63, 3.8) is 0 Å². The third-order valence-corrected chi connectivity index (χ3v) is 14.8. The summed E-state index contributed by atoms with van der Waals surface area (Å²) in [6.45, 7) is 17.5. The lowest BCUT2D eigenvalue weighted by Crippen LogP contribution is -2.64. The van der Waals surface area contributed by atoms with E-state index in [9.17, 15) is 15.3 Å². The molecule has 0 spiro atoms. The topological polar surface area (TPSA) is 80.9 Å². The van der Waals surface area contributed by atoms with E-state index in [1.54, 1.807) is 0 Å². The minimum Gasteiger partial charge on any atom is -0.394 e. The van der Waals surface area contributed by atoms with Crippen LogP contribution in [0.3, 0.4) is 0 Å². The molecule has 224 valence electrons. The summed E-state index contributed by atoms with van der Waals surface area (Å²) in [6.07, 6.45) is 15.4. The van der Waals surface area contributed by atoms with Crippen LogP contribution in [0.2, 0.25) is 0 Å². The zero-order chi connectivity index (χ0) is 28.6. The van der Waals surface area contributed by atoms with Crippen LogP contribution in [0.5, 0.6) is 0 Å². The molecule has 0 aromatic rings. The molecule has 13 atom stereocenters. The van der Waals surface area contributed by atoms with Crippen LogP contribution < -0.4 is 0 Å². The fourth-order valence-electron chi connectivity index (χ4n) is 12.5. The van der Waals surface area contributed by atoms with Crippen molar-refractivity contribution in [3.8, 4) is 0 Å². The molecule has 0 heterocycles. The highest BCUT2D eigenvalue weighted by Crippen LogP contribution is 2.76. The predicted octanol–water partition coefficient (Wildman–Crippen LogP) is 6.75. The van der Waals surface area contributed by atoms with Gasteiger partial charge >= 0.3 is 0 Å². The molecule has 0 aromatic carbocycles. The van der Waals surface area contributed by atoms with Crippen LogP contribution in [0.4, 0.5) is 0 Å². The highest BCUT2D eigenvalue weighted by atomic mass is 16.4. The molecule has 0 bridgehead atoms. The molecule has 0 amide bonds. The van der Waals surface area contributed by atoms with Gasteiger partial charge in [0.15, 0.2) is 0 Å². The third-order valence-electron chi connectivity index (χ3n) is 14.8. The molecule has 0 radical (unpaired) electrons. The minimum absolute atomic E-state index is 0.264. The lowest BCUT2D eigenvalue weighted by molar-refractivity contribution is -0.198. The van der Waals surface area contributed by atoms with E-state index in [0.717, 1.165) is 24.2 Å². The molecular weight excluding hydrogens is 484 g/mol. The number of hydrogen-bond acceptors (Lipinski definition) is 4. The number of aliphatic hydroxyl groups is 4. The lowest BCUT2D eigenvalue weighted by Gasteiger charge is -2.71. The van der Waals surface area contributed by atoms with Crippen molar-refractivity contribution in [1.29, 1.82) is 0 Å². The number of allylic oxidation sites excluding steroid dienone is 2. The van der Waals surface area contributed by atoms with Gasteiger partial charge in [-0.3, -0.25) is 0 Å². The first-order chi connectivity index (χ1) is 18.2. The number of hydrogen-bond donors (Lipinski definition) is 4. The van der Waals surface area contributed by atoms with Gasteiger partial charge in [0.25, 0.3) is 0 Å². The van der Waals surface area contributed by atoms with Gasteiger partial charge in [-0.15, -0.1) is 0 Å². The molecule has 0 saturated heterocycles. The van der Waals surface area contributed by atoms with Crippen molar-refractivity contribution in [2.75, 3.05) is 6.61 Å². The first-order valence-electron chi connectivity index (χ1n) is 16.5. The van der Waals surface area contributed by atoms with E-state index < -0.39 is 24.9 Å². The van der Waals surface area contributed by atoms with Crippen LogP contribution in [0.15, 0.2) is 12.2 Å². The normalized spacial score (nSPS) is 49.7. The van der Waals surface area contributed by atoms with E-state index >= 15 is 0 Å². The Morgan fingerprint density at radius 3 is 2.15 bits per heavy atom. The summed E-state index contributed by atoms with van der Waals surface area (Å²) in [5.74, 6) is 4.13. The van der Waals surface area contributed by atoms with E-state index in [4.69, 9.17) is 5.11 Å². The molecule has 5 aliphatic rings.